The Labute approximate surface area is 139 Å². The van der Waals surface area contributed by atoms with Gasteiger partial charge in [0.25, 0.3) is 0 Å². The summed E-state index contributed by atoms with van der Waals surface area (Å²) >= 11 is 0. The molecule has 122 valence electrons. The maximum absolute atomic E-state index is 12.2. The van der Waals surface area contributed by atoms with Crippen molar-refractivity contribution in [1.29, 1.82) is 0 Å². The van der Waals surface area contributed by atoms with Gasteiger partial charge in [0.05, 0.1) is 36.0 Å². The van der Waals surface area contributed by atoms with Crippen LogP contribution in [0.4, 0.5) is 5.69 Å². The van der Waals surface area contributed by atoms with Crippen molar-refractivity contribution in [3.63, 3.8) is 0 Å². The number of ether oxygens (including phenoxy) is 1. The van der Waals surface area contributed by atoms with Gasteiger partial charge < -0.3 is 19.0 Å². The van der Waals surface area contributed by atoms with Crippen LogP contribution in [-0.4, -0.2) is 17.6 Å². The lowest BCUT2D eigenvalue weighted by molar-refractivity contribution is 0.0600. The number of para-hydroxylation sites is 2. The molecule has 4 rings (SSSR count). The van der Waals surface area contributed by atoms with Crippen molar-refractivity contribution in [2.24, 2.45) is 0 Å². The maximum atomic E-state index is 12.2. The number of fused-ring (bicyclic) bond motifs is 3. The number of nitrogens with one attached hydrogen (secondary N) is 1. The molecule has 0 aliphatic carbocycles. The SMILES string of the molecule is COC(=O)c1cc2n(c1C)-c1ccccc1NC2(C)c1ccco1. The predicted octanol–water partition coefficient (Wildman–Crippen LogP) is 3.85. The number of hydrogen-bond acceptors (Lipinski definition) is 4. The number of nitrogens with zero attached hydrogens (tertiary/aromatic N) is 1. The van der Waals surface area contributed by atoms with Crippen molar-refractivity contribution in [2.75, 3.05) is 12.4 Å². The first-order valence-electron chi connectivity index (χ1n) is 7.79. The Morgan fingerprint density at radius 3 is 2.75 bits per heavy atom. The second-order valence-corrected chi connectivity index (χ2v) is 6.10. The molecule has 0 fully saturated rings. The topological polar surface area (TPSA) is 56.4 Å². The van der Waals surface area contributed by atoms with Gasteiger partial charge in [-0.3, -0.25) is 0 Å². The first-order valence-corrected chi connectivity index (χ1v) is 7.79. The molecule has 1 N–H and O–H groups in total. The first kappa shape index (κ1) is 14.6. The van der Waals surface area contributed by atoms with Crippen LogP contribution in [-0.2, 0) is 10.3 Å². The minimum atomic E-state index is -0.588. The number of hydrogen-bond donors (Lipinski definition) is 1. The number of benzene rings is 1. The molecule has 3 heterocycles. The van der Waals surface area contributed by atoms with E-state index in [2.05, 4.69) is 9.88 Å². The predicted molar refractivity (Wildman–Crippen MR) is 90.6 cm³/mol. The summed E-state index contributed by atoms with van der Waals surface area (Å²) in [5.41, 5.74) is 3.75. The third kappa shape index (κ3) is 1.84. The Morgan fingerprint density at radius 2 is 2.04 bits per heavy atom. The van der Waals surface area contributed by atoms with E-state index in [0.29, 0.717) is 5.56 Å². The number of aromatic nitrogens is 1. The smallest absolute Gasteiger partial charge is 0.339 e. The van der Waals surface area contributed by atoms with E-state index in [-0.39, 0.29) is 5.97 Å². The molecule has 24 heavy (non-hydrogen) atoms. The van der Waals surface area contributed by atoms with Gasteiger partial charge in [0, 0.05) is 5.69 Å². The van der Waals surface area contributed by atoms with Crippen molar-refractivity contribution in [2.45, 2.75) is 19.4 Å². The highest BCUT2D eigenvalue weighted by atomic mass is 16.5. The van der Waals surface area contributed by atoms with E-state index < -0.39 is 5.54 Å². The molecule has 0 bridgehead atoms. The molecular formula is C19H18N2O3. The zero-order valence-electron chi connectivity index (χ0n) is 13.8. The summed E-state index contributed by atoms with van der Waals surface area (Å²) in [6.07, 6.45) is 1.66. The van der Waals surface area contributed by atoms with Crippen LogP contribution in [0.5, 0.6) is 0 Å². The Kier molecular flexibility index (Phi) is 3.06. The number of methoxy groups -OCH3 is 1. The van der Waals surface area contributed by atoms with Gasteiger partial charge in [-0.25, -0.2) is 4.79 Å². The number of carbonyl (C=O) groups is 1. The molecule has 0 radical (unpaired) electrons. The lowest BCUT2D eigenvalue weighted by Gasteiger charge is -2.37. The summed E-state index contributed by atoms with van der Waals surface area (Å²) in [4.78, 5) is 12.2. The zero-order chi connectivity index (χ0) is 16.9. The van der Waals surface area contributed by atoms with Crippen LogP contribution in [0.3, 0.4) is 0 Å². The highest BCUT2D eigenvalue weighted by Gasteiger charge is 2.41. The summed E-state index contributed by atoms with van der Waals surface area (Å²) in [7, 11) is 1.40. The van der Waals surface area contributed by atoms with Crippen molar-refractivity contribution in [1.82, 2.24) is 4.57 Å². The Balaban J connectivity index is 2.04. The number of anilines is 1. The number of furan rings is 1. The van der Waals surface area contributed by atoms with E-state index in [1.807, 2.05) is 56.3 Å². The third-order valence-electron chi connectivity index (χ3n) is 4.71. The lowest BCUT2D eigenvalue weighted by Crippen LogP contribution is -2.38. The van der Waals surface area contributed by atoms with Gasteiger partial charge in [-0.2, -0.15) is 0 Å². The molecule has 1 atom stereocenters. The Bertz CT molecular complexity index is 924. The summed E-state index contributed by atoms with van der Waals surface area (Å²) in [5.74, 6) is 0.445. The molecular weight excluding hydrogens is 304 g/mol. The van der Waals surface area contributed by atoms with E-state index >= 15 is 0 Å². The molecule has 0 amide bonds. The highest BCUT2D eigenvalue weighted by Crippen LogP contribution is 2.43. The zero-order valence-corrected chi connectivity index (χ0v) is 13.8. The molecule has 5 heteroatoms. The lowest BCUT2D eigenvalue weighted by atomic mass is 9.91. The van der Waals surface area contributed by atoms with Crippen LogP contribution in [0.2, 0.25) is 0 Å². The minimum Gasteiger partial charge on any atom is -0.466 e. The number of carbonyl (C=O) groups excluding carboxylic acids is 1. The van der Waals surface area contributed by atoms with Crippen molar-refractivity contribution in [3.05, 3.63) is 71.4 Å². The average Bonchev–Trinajstić information content (AvgIpc) is 3.23. The molecule has 1 unspecified atom stereocenters. The van der Waals surface area contributed by atoms with Gasteiger partial charge in [-0.05, 0) is 44.2 Å². The summed E-state index contributed by atoms with van der Waals surface area (Å²) in [6, 6.07) is 13.7. The fourth-order valence-corrected chi connectivity index (χ4v) is 3.46. The second kappa shape index (κ2) is 5.03. The van der Waals surface area contributed by atoms with Crippen LogP contribution in [0.25, 0.3) is 5.69 Å². The van der Waals surface area contributed by atoms with Crippen LogP contribution in [0, 0.1) is 6.92 Å². The van der Waals surface area contributed by atoms with Crippen LogP contribution >= 0.6 is 0 Å². The van der Waals surface area contributed by atoms with E-state index in [9.17, 15) is 4.79 Å². The van der Waals surface area contributed by atoms with Gasteiger partial charge in [0.2, 0.25) is 0 Å². The molecule has 1 aromatic carbocycles. The maximum Gasteiger partial charge on any atom is 0.339 e. The van der Waals surface area contributed by atoms with E-state index in [0.717, 1.165) is 28.5 Å². The Morgan fingerprint density at radius 1 is 1.25 bits per heavy atom. The fourth-order valence-electron chi connectivity index (χ4n) is 3.46. The van der Waals surface area contributed by atoms with Crippen LogP contribution < -0.4 is 5.32 Å². The van der Waals surface area contributed by atoms with Gasteiger partial charge in [-0.1, -0.05) is 12.1 Å². The molecule has 0 saturated carbocycles. The van der Waals surface area contributed by atoms with Crippen LogP contribution in [0.15, 0.2) is 53.1 Å². The van der Waals surface area contributed by atoms with Crippen molar-refractivity contribution < 1.29 is 13.9 Å². The standard InChI is InChI=1S/C19H18N2O3/c1-12-13(18(22)23-3)11-16-19(2,17-9-6-10-24-17)20-14-7-4-5-8-15(14)21(12)16/h4-11,20H,1-3H3. The summed E-state index contributed by atoms with van der Waals surface area (Å²) < 4.78 is 12.7. The van der Waals surface area contributed by atoms with E-state index in [1.54, 1.807) is 6.26 Å². The Hall–Kier alpha value is -2.95. The highest BCUT2D eigenvalue weighted by molar-refractivity contribution is 5.92. The second-order valence-electron chi connectivity index (χ2n) is 6.10. The molecule has 2 aromatic heterocycles. The van der Waals surface area contributed by atoms with Crippen LogP contribution in [0.1, 0.15) is 34.4 Å². The van der Waals surface area contributed by atoms with Crippen molar-refractivity contribution >= 4 is 11.7 Å². The molecule has 1 aliphatic heterocycles. The monoisotopic (exact) mass is 322 g/mol. The molecule has 0 saturated heterocycles. The quantitative estimate of drug-likeness (QED) is 0.728. The summed E-state index contributed by atoms with van der Waals surface area (Å²) in [6.45, 7) is 3.98. The average molecular weight is 322 g/mol. The molecule has 5 nitrogen and oxygen atoms in total. The first-order chi connectivity index (χ1) is 11.6. The normalized spacial score (nSPS) is 18.5. The van der Waals surface area contributed by atoms with Crippen molar-refractivity contribution in [3.8, 4) is 5.69 Å². The molecule has 0 spiro atoms. The van der Waals surface area contributed by atoms with Gasteiger partial charge in [0.15, 0.2) is 0 Å². The van der Waals surface area contributed by atoms with Gasteiger partial charge in [0.1, 0.15) is 11.3 Å². The van der Waals surface area contributed by atoms with Gasteiger partial charge in [-0.15, -0.1) is 0 Å². The minimum absolute atomic E-state index is 0.339. The summed E-state index contributed by atoms with van der Waals surface area (Å²) in [5, 5.41) is 3.56. The van der Waals surface area contributed by atoms with Gasteiger partial charge >= 0.3 is 5.97 Å². The fraction of sp³-hybridized carbons (Fsp3) is 0.211. The third-order valence-corrected chi connectivity index (χ3v) is 4.71. The number of esters is 1. The largest absolute Gasteiger partial charge is 0.466 e. The van der Waals surface area contributed by atoms with E-state index in [1.165, 1.54) is 7.11 Å². The van der Waals surface area contributed by atoms with E-state index in [4.69, 9.17) is 9.15 Å². The molecule has 1 aliphatic rings. The number of rotatable bonds is 2. The molecule has 3 aromatic rings.